The molecule has 5 nitrogen and oxygen atoms in total. The van der Waals surface area contributed by atoms with Crippen molar-refractivity contribution >= 4 is 23.1 Å². The molecule has 37 heavy (non-hydrogen) atoms. The topological polar surface area (TPSA) is 69.2 Å². The van der Waals surface area contributed by atoms with Crippen molar-refractivity contribution in [3.8, 4) is 16.9 Å². The summed E-state index contributed by atoms with van der Waals surface area (Å²) in [4.78, 5) is 23.4. The number of pyridine rings is 2. The van der Waals surface area contributed by atoms with Gasteiger partial charge >= 0.3 is 0 Å². The van der Waals surface area contributed by atoms with Crippen LogP contribution in [0.5, 0.6) is 5.75 Å². The summed E-state index contributed by atoms with van der Waals surface area (Å²) in [6.45, 7) is 4.67. The minimum absolute atomic E-state index is 0.0270. The van der Waals surface area contributed by atoms with E-state index in [1.54, 1.807) is 13.0 Å². The number of fused-ring (bicyclic) bond motifs is 1. The number of rotatable bonds is 7. The van der Waals surface area contributed by atoms with E-state index in [9.17, 15) is 14.3 Å². The van der Waals surface area contributed by atoms with Crippen LogP contribution in [0.3, 0.4) is 0 Å². The molecule has 2 N–H and O–H groups in total. The zero-order valence-electron chi connectivity index (χ0n) is 21.1. The number of para-hydroxylation sites is 1. The van der Waals surface area contributed by atoms with Crippen LogP contribution in [-0.2, 0) is 12.8 Å². The van der Waals surface area contributed by atoms with Gasteiger partial charge in [-0.1, -0.05) is 55.4 Å². The molecular weight excluding hydrogens is 485 g/mol. The molecule has 7 heteroatoms. The highest BCUT2D eigenvalue weighted by molar-refractivity contribution is 7.99. The largest absolute Gasteiger partial charge is 0.504 e. The first-order valence-electron chi connectivity index (χ1n) is 12.7. The van der Waals surface area contributed by atoms with E-state index < -0.39 is 5.95 Å². The van der Waals surface area contributed by atoms with Crippen LogP contribution in [0.25, 0.3) is 11.1 Å². The number of hydrogen-bond acceptors (Lipinski definition) is 5. The maximum absolute atomic E-state index is 13.4. The monoisotopic (exact) mass is 515 g/mol. The molecule has 0 amide bonds. The van der Waals surface area contributed by atoms with Gasteiger partial charge in [0.05, 0.1) is 0 Å². The van der Waals surface area contributed by atoms with Crippen molar-refractivity contribution in [1.82, 2.24) is 9.97 Å². The van der Waals surface area contributed by atoms with Crippen molar-refractivity contribution in [2.24, 2.45) is 0 Å². The summed E-state index contributed by atoms with van der Waals surface area (Å²) < 4.78 is 13.4. The van der Waals surface area contributed by atoms with Gasteiger partial charge in [-0.2, -0.15) is 4.39 Å². The summed E-state index contributed by atoms with van der Waals surface area (Å²) in [6.07, 6.45) is 4.58. The Morgan fingerprint density at radius 3 is 2.65 bits per heavy atom. The Labute approximate surface area is 220 Å². The number of H-pyrrole nitrogens is 1. The molecule has 0 atom stereocenters. The number of anilines is 2. The zero-order valence-corrected chi connectivity index (χ0v) is 21.9. The van der Waals surface area contributed by atoms with Gasteiger partial charge in [-0.3, -0.25) is 4.79 Å². The maximum atomic E-state index is 13.4. The zero-order chi connectivity index (χ0) is 25.9. The van der Waals surface area contributed by atoms with Crippen LogP contribution in [0.4, 0.5) is 15.8 Å². The summed E-state index contributed by atoms with van der Waals surface area (Å²) in [5, 5.41) is 11.6. The van der Waals surface area contributed by atoms with Gasteiger partial charge in [0, 0.05) is 34.1 Å². The van der Waals surface area contributed by atoms with E-state index in [1.165, 1.54) is 23.4 Å². The van der Waals surface area contributed by atoms with Gasteiger partial charge in [-0.05, 0) is 74.1 Å². The van der Waals surface area contributed by atoms with Gasteiger partial charge in [-0.25, -0.2) is 4.98 Å². The number of aromatic nitrogens is 2. The van der Waals surface area contributed by atoms with Crippen LogP contribution in [0.1, 0.15) is 43.1 Å². The molecule has 0 aliphatic carbocycles. The van der Waals surface area contributed by atoms with Gasteiger partial charge in [0.15, 0.2) is 5.75 Å². The molecule has 3 heterocycles. The highest BCUT2D eigenvalue weighted by Crippen LogP contribution is 2.44. The molecule has 0 spiro atoms. The quantitative estimate of drug-likeness (QED) is 0.255. The molecule has 0 bridgehead atoms. The third-order valence-corrected chi connectivity index (χ3v) is 7.88. The molecule has 4 aromatic rings. The number of hydrogen-bond donors (Lipinski definition) is 2. The Morgan fingerprint density at radius 1 is 1.11 bits per heavy atom. The Morgan fingerprint density at radius 2 is 1.89 bits per heavy atom. The van der Waals surface area contributed by atoms with Crippen LogP contribution in [0, 0.1) is 12.9 Å². The van der Waals surface area contributed by atoms with E-state index in [4.69, 9.17) is 0 Å². The molecule has 0 saturated heterocycles. The van der Waals surface area contributed by atoms with Crippen molar-refractivity contribution in [2.45, 2.75) is 55.7 Å². The van der Waals surface area contributed by atoms with Crippen molar-refractivity contribution in [3.63, 3.8) is 0 Å². The number of nitrogens with zero attached hydrogens (tertiary/aromatic N) is 2. The molecule has 1 aliphatic heterocycles. The number of halogens is 1. The minimum Gasteiger partial charge on any atom is -0.504 e. The van der Waals surface area contributed by atoms with E-state index in [1.807, 2.05) is 36.4 Å². The van der Waals surface area contributed by atoms with Crippen molar-refractivity contribution in [1.29, 1.82) is 0 Å². The van der Waals surface area contributed by atoms with Crippen LogP contribution in [0.15, 0.2) is 75.2 Å². The second-order valence-electron chi connectivity index (χ2n) is 9.34. The number of nitrogens with one attached hydrogen (secondary N) is 1. The van der Waals surface area contributed by atoms with Crippen molar-refractivity contribution in [3.05, 3.63) is 93.9 Å². The lowest BCUT2D eigenvalue weighted by Gasteiger charge is -2.33. The van der Waals surface area contributed by atoms with Crippen LogP contribution in [0.2, 0.25) is 0 Å². The Balaban J connectivity index is 1.52. The summed E-state index contributed by atoms with van der Waals surface area (Å²) in [7, 11) is 0. The summed E-state index contributed by atoms with van der Waals surface area (Å²) >= 11 is 1.25. The Hall–Kier alpha value is -3.58. The van der Waals surface area contributed by atoms with Gasteiger partial charge in [-0.15, -0.1) is 0 Å². The Bertz CT molecular complexity index is 1480. The molecule has 0 radical (unpaired) electrons. The first-order valence-corrected chi connectivity index (χ1v) is 13.5. The fourth-order valence-electron chi connectivity index (χ4n) is 4.95. The number of unbranched alkanes of at least 4 members (excludes halogenated alkanes) is 1. The highest BCUT2D eigenvalue weighted by atomic mass is 32.2. The predicted molar refractivity (Wildman–Crippen MR) is 148 cm³/mol. The number of aromatic hydroxyl groups is 1. The molecule has 0 saturated carbocycles. The molecule has 190 valence electrons. The van der Waals surface area contributed by atoms with Crippen molar-refractivity contribution in [2.75, 3.05) is 11.4 Å². The lowest BCUT2D eigenvalue weighted by atomic mass is 10.00. The third-order valence-electron chi connectivity index (χ3n) is 6.79. The lowest BCUT2D eigenvalue weighted by Crippen LogP contribution is -2.27. The molecule has 2 aromatic carbocycles. The average molecular weight is 516 g/mol. The van der Waals surface area contributed by atoms with Crippen LogP contribution in [-0.4, -0.2) is 21.6 Å². The number of aromatic amines is 1. The SMILES string of the molecule is CCCCc1[nH]c(=O)c(Sc2ccc(-c3ccc(F)nc3C)cc2)c(O)c1N1CCCc2ccccc21. The second-order valence-corrected chi connectivity index (χ2v) is 10.4. The highest BCUT2D eigenvalue weighted by Gasteiger charge is 2.26. The summed E-state index contributed by atoms with van der Waals surface area (Å²) in [5.41, 5.74) is 5.90. The molecule has 0 fully saturated rings. The standard InChI is InChI=1S/C30H30FN3O2S/c1-3-4-10-24-27(34-18-7-9-21-8-5-6-11-25(21)34)28(35)29(30(36)33-24)37-22-14-12-20(13-15-22)23-16-17-26(31)32-19(23)2/h5-6,8,11-17H,3-4,7,9-10,18H2,1-2H3,(H2,33,35,36). The second kappa shape index (κ2) is 10.8. The molecule has 5 rings (SSSR count). The molecule has 1 aliphatic rings. The number of aryl methyl sites for hydroxylation is 3. The third kappa shape index (κ3) is 5.14. The summed E-state index contributed by atoms with van der Waals surface area (Å²) in [6, 6.07) is 19.0. The fraction of sp³-hybridized carbons (Fsp3) is 0.267. The summed E-state index contributed by atoms with van der Waals surface area (Å²) in [5.74, 6) is -0.475. The van der Waals surface area contributed by atoms with Gasteiger partial charge in [0.1, 0.15) is 10.6 Å². The van der Waals surface area contributed by atoms with Crippen molar-refractivity contribution < 1.29 is 9.50 Å². The van der Waals surface area contributed by atoms with Gasteiger partial charge in [0.25, 0.3) is 5.56 Å². The fourth-order valence-corrected chi connectivity index (χ4v) is 5.80. The first-order chi connectivity index (χ1) is 18.0. The molecule has 0 unspecified atom stereocenters. The normalized spacial score (nSPS) is 13.0. The van der Waals surface area contributed by atoms with E-state index in [-0.39, 0.29) is 16.2 Å². The van der Waals surface area contributed by atoms with Crippen LogP contribution >= 0.6 is 11.8 Å². The van der Waals surface area contributed by atoms with Crippen LogP contribution < -0.4 is 10.5 Å². The smallest absolute Gasteiger partial charge is 0.266 e. The van der Waals surface area contributed by atoms with Gasteiger partial charge < -0.3 is 15.0 Å². The predicted octanol–water partition coefficient (Wildman–Crippen LogP) is 7.17. The average Bonchev–Trinajstić information content (AvgIpc) is 2.90. The number of benzene rings is 2. The first kappa shape index (κ1) is 25.1. The minimum atomic E-state index is -0.502. The van der Waals surface area contributed by atoms with E-state index >= 15 is 0 Å². The lowest BCUT2D eigenvalue weighted by molar-refractivity contribution is 0.457. The molecular formula is C30H30FN3O2S. The molecule has 2 aromatic heterocycles. The maximum Gasteiger partial charge on any atom is 0.266 e. The van der Waals surface area contributed by atoms with E-state index in [2.05, 4.69) is 33.9 Å². The van der Waals surface area contributed by atoms with E-state index in [0.717, 1.165) is 59.6 Å². The van der Waals surface area contributed by atoms with E-state index in [0.29, 0.717) is 17.8 Å². The van der Waals surface area contributed by atoms with Gasteiger partial charge in [0.2, 0.25) is 5.95 Å². The Kier molecular flexibility index (Phi) is 7.33.